The Morgan fingerprint density at radius 1 is 0.471 bits per heavy atom. The standard InChI is InChI=1S/C58H105O9P/c1-3-5-7-9-11-13-15-17-19-21-23-25-27-29-31-33-35-37-39-41-43-45-47-49-51-64-54-57(55-66-68(62,63)65-53-56(60)52-59)67-58(61)50-48-46-44-42-40-38-36-34-32-30-28-26-24-22-20-18-16-14-12-10-8-6-4-2/h6,8,12,14,18,20,24,26,30,32,36,38,56-57,59-60H,3-5,7,9-11,13,15-17,19,21-23,25,27-29,31,33-35,37,39-55H2,1-2H3,(H,62,63)/b8-6-,14-12-,20-18-,26-24-,32-30-,38-36-. The summed E-state index contributed by atoms with van der Waals surface area (Å²) in [6.07, 6.45) is 67.4. The van der Waals surface area contributed by atoms with Gasteiger partial charge in [-0.3, -0.25) is 13.8 Å². The van der Waals surface area contributed by atoms with Crippen molar-refractivity contribution < 1.29 is 43.0 Å². The van der Waals surface area contributed by atoms with Crippen LogP contribution >= 0.6 is 7.82 Å². The van der Waals surface area contributed by atoms with Gasteiger partial charge in [0.2, 0.25) is 0 Å². The third kappa shape index (κ3) is 53.3. The minimum Gasteiger partial charge on any atom is -0.457 e. The molecule has 0 aliphatic heterocycles. The molecule has 0 rings (SSSR count). The summed E-state index contributed by atoms with van der Waals surface area (Å²) in [6, 6.07) is 0. The largest absolute Gasteiger partial charge is 0.472 e. The Labute approximate surface area is 418 Å². The van der Waals surface area contributed by atoms with Crippen molar-refractivity contribution in [3.8, 4) is 0 Å². The highest BCUT2D eigenvalue weighted by Gasteiger charge is 2.26. The average Bonchev–Trinajstić information content (AvgIpc) is 3.33. The van der Waals surface area contributed by atoms with Gasteiger partial charge in [-0.2, -0.15) is 0 Å². The molecule has 0 aliphatic rings. The highest BCUT2D eigenvalue weighted by Crippen LogP contribution is 2.43. The molecule has 396 valence electrons. The van der Waals surface area contributed by atoms with E-state index in [1.54, 1.807) is 0 Å². The zero-order valence-corrected chi connectivity index (χ0v) is 44.7. The Bertz CT molecular complexity index is 1290. The van der Waals surface area contributed by atoms with E-state index in [-0.39, 0.29) is 19.6 Å². The molecule has 0 saturated heterocycles. The van der Waals surface area contributed by atoms with E-state index in [1.807, 2.05) is 0 Å². The zero-order valence-electron chi connectivity index (χ0n) is 43.8. The number of allylic oxidation sites excluding steroid dienone is 12. The molecular formula is C58H105O9P. The van der Waals surface area contributed by atoms with E-state index in [9.17, 15) is 19.4 Å². The third-order valence-corrected chi connectivity index (χ3v) is 12.9. The lowest BCUT2D eigenvalue weighted by atomic mass is 10.0. The van der Waals surface area contributed by atoms with E-state index in [0.717, 1.165) is 83.5 Å². The first-order valence-corrected chi connectivity index (χ1v) is 29.4. The highest BCUT2D eigenvalue weighted by molar-refractivity contribution is 7.47. The number of carbonyl (C=O) groups is 1. The van der Waals surface area contributed by atoms with Crippen LogP contribution in [0.15, 0.2) is 72.9 Å². The lowest BCUT2D eigenvalue weighted by Crippen LogP contribution is -2.29. The molecule has 10 heteroatoms. The third-order valence-electron chi connectivity index (χ3n) is 11.9. The van der Waals surface area contributed by atoms with Crippen molar-refractivity contribution in [2.24, 2.45) is 0 Å². The van der Waals surface area contributed by atoms with Crippen molar-refractivity contribution >= 4 is 13.8 Å². The predicted octanol–water partition coefficient (Wildman–Crippen LogP) is 16.8. The van der Waals surface area contributed by atoms with Crippen molar-refractivity contribution in [2.45, 2.75) is 257 Å². The highest BCUT2D eigenvalue weighted by atomic mass is 31.2. The van der Waals surface area contributed by atoms with Crippen LogP contribution in [0.1, 0.15) is 245 Å². The van der Waals surface area contributed by atoms with Gasteiger partial charge in [-0.15, -0.1) is 0 Å². The first-order chi connectivity index (χ1) is 33.3. The number of unbranched alkanes of at least 4 members (excludes halogenated alkanes) is 27. The molecule has 3 unspecified atom stereocenters. The number of hydrogen-bond donors (Lipinski definition) is 3. The summed E-state index contributed by atoms with van der Waals surface area (Å²) in [4.78, 5) is 22.7. The van der Waals surface area contributed by atoms with Crippen LogP contribution in [0.2, 0.25) is 0 Å². The lowest BCUT2D eigenvalue weighted by Gasteiger charge is -2.20. The summed E-state index contributed by atoms with van der Waals surface area (Å²) in [5.41, 5.74) is 0. The maximum atomic E-state index is 12.7. The second kappa shape index (κ2) is 54.2. The van der Waals surface area contributed by atoms with E-state index in [1.165, 1.54) is 135 Å². The molecule has 0 spiro atoms. The van der Waals surface area contributed by atoms with E-state index in [4.69, 9.17) is 23.6 Å². The molecule has 68 heavy (non-hydrogen) atoms. The maximum absolute atomic E-state index is 12.7. The van der Waals surface area contributed by atoms with Crippen LogP contribution in [0, 0.1) is 0 Å². The SMILES string of the molecule is CC/C=C\C/C=C\C/C=C\C/C=C\C/C=C\C/C=C\CCCCCCC(=O)OC(COCCCCCCCCCCCCCCCCCCCCCCCCCC)COP(=O)(O)OCC(O)CO. The van der Waals surface area contributed by atoms with Crippen LogP contribution in [0.5, 0.6) is 0 Å². The summed E-state index contributed by atoms with van der Waals surface area (Å²) in [6.45, 7) is 3.41. The summed E-state index contributed by atoms with van der Waals surface area (Å²) >= 11 is 0. The molecular weight excluding hydrogens is 872 g/mol. The molecule has 0 aromatic heterocycles. The van der Waals surface area contributed by atoms with E-state index >= 15 is 0 Å². The number of phosphoric acid groups is 1. The Morgan fingerprint density at radius 3 is 1.26 bits per heavy atom. The quantitative estimate of drug-likeness (QED) is 0.0236. The minimum absolute atomic E-state index is 0.0380. The number of ether oxygens (including phenoxy) is 2. The summed E-state index contributed by atoms with van der Waals surface area (Å²) in [7, 11) is -4.54. The van der Waals surface area contributed by atoms with Gasteiger partial charge in [-0.05, 0) is 64.2 Å². The van der Waals surface area contributed by atoms with Crippen LogP contribution in [0.3, 0.4) is 0 Å². The predicted molar refractivity (Wildman–Crippen MR) is 288 cm³/mol. The fourth-order valence-corrected chi connectivity index (χ4v) is 8.50. The smallest absolute Gasteiger partial charge is 0.457 e. The second-order valence-corrected chi connectivity index (χ2v) is 20.0. The molecule has 0 aliphatic carbocycles. The number of esters is 1. The topological polar surface area (TPSA) is 132 Å². The number of hydrogen-bond acceptors (Lipinski definition) is 8. The average molecular weight is 977 g/mol. The van der Waals surface area contributed by atoms with E-state index < -0.39 is 39.2 Å². The van der Waals surface area contributed by atoms with Crippen LogP contribution < -0.4 is 0 Å². The molecule has 0 saturated carbocycles. The van der Waals surface area contributed by atoms with Gasteiger partial charge in [0.15, 0.2) is 0 Å². The Balaban J connectivity index is 4.08. The molecule has 0 fully saturated rings. The molecule has 9 nitrogen and oxygen atoms in total. The Morgan fingerprint density at radius 2 is 0.838 bits per heavy atom. The van der Waals surface area contributed by atoms with Crippen LogP contribution in [-0.2, 0) is 27.9 Å². The van der Waals surface area contributed by atoms with Crippen LogP contribution in [0.25, 0.3) is 0 Å². The van der Waals surface area contributed by atoms with Crippen molar-refractivity contribution in [3.05, 3.63) is 72.9 Å². The fourth-order valence-electron chi connectivity index (χ4n) is 7.71. The molecule has 0 aromatic rings. The monoisotopic (exact) mass is 977 g/mol. The summed E-state index contributed by atoms with van der Waals surface area (Å²) < 4.78 is 33.6. The fraction of sp³-hybridized carbons (Fsp3) is 0.776. The first kappa shape index (κ1) is 65.9. The van der Waals surface area contributed by atoms with Gasteiger partial charge in [0, 0.05) is 13.0 Å². The van der Waals surface area contributed by atoms with E-state index in [0.29, 0.717) is 13.0 Å². The van der Waals surface area contributed by atoms with Gasteiger partial charge >= 0.3 is 13.8 Å². The first-order valence-electron chi connectivity index (χ1n) is 27.9. The van der Waals surface area contributed by atoms with Gasteiger partial charge in [-0.25, -0.2) is 4.57 Å². The molecule has 0 heterocycles. The molecule has 3 N–H and O–H groups in total. The summed E-state index contributed by atoms with van der Waals surface area (Å²) in [5, 5.41) is 18.5. The normalized spacial score (nSPS) is 14.2. The van der Waals surface area contributed by atoms with Crippen LogP contribution in [0.4, 0.5) is 0 Å². The molecule has 3 atom stereocenters. The van der Waals surface area contributed by atoms with Crippen molar-refractivity contribution in [1.29, 1.82) is 0 Å². The number of phosphoric ester groups is 1. The molecule has 0 bridgehead atoms. The minimum atomic E-state index is -4.54. The number of carbonyl (C=O) groups excluding carboxylic acids is 1. The number of aliphatic hydroxyl groups excluding tert-OH is 2. The molecule has 0 radical (unpaired) electrons. The number of rotatable bonds is 53. The van der Waals surface area contributed by atoms with Crippen molar-refractivity contribution in [1.82, 2.24) is 0 Å². The number of aliphatic hydroxyl groups is 2. The van der Waals surface area contributed by atoms with Gasteiger partial charge in [0.05, 0.1) is 26.4 Å². The molecule has 0 amide bonds. The van der Waals surface area contributed by atoms with Gasteiger partial charge in [0.1, 0.15) is 12.2 Å². The Hall–Kier alpha value is -2.10. The van der Waals surface area contributed by atoms with Crippen molar-refractivity contribution in [2.75, 3.05) is 33.0 Å². The maximum Gasteiger partial charge on any atom is 0.472 e. The Kier molecular flexibility index (Phi) is 52.6. The zero-order chi connectivity index (χ0) is 49.5. The molecule has 0 aromatic carbocycles. The van der Waals surface area contributed by atoms with Crippen molar-refractivity contribution in [3.63, 3.8) is 0 Å². The van der Waals surface area contributed by atoms with Gasteiger partial charge in [-0.1, -0.05) is 247 Å². The van der Waals surface area contributed by atoms with Gasteiger partial charge in [0.25, 0.3) is 0 Å². The van der Waals surface area contributed by atoms with E-state index in [2.05, 4.69) is 86.8 Å². The second-order valence-electron chi connectivity index (χ2n) is 18.6. The summed E-state index contributed by atoms with van der Waals surface area (Å²) in [5.74, 6) is -0.404. The van der Waals surface area contributed by atoms with Gasteiger partial charge < -0.3 is 24.6 Å². The van der Waals surface area contributed by atoms with Crippen LogP contribution in [-0.4, -0.2) is 66.3 Å². The lowest BCUT2D eigenvalue weighted by molar-refractivity contribution is -0.154.